The fourth-order valence-corrected chi connectivity index (χ4v) is 1.95. The fourth-order valence-electron chi connectivity index (χ4n) is 1.95. The Bertz CT molecular complexity index is 516. The Morgan fingerprint density at radius 1 is 1.26 bits per heavy atom. The third-order valence-corrected chi connectivity index (χ3v) is 3.18. The SMILES string of the molecule is COC1(OC)C=CC(Nc2ccccc2C=O)=CC1. The molecule has 0 amide bonds. The second-order valence-electron chi connectivity index (χ2n) is 4.25. The number of para-hydroxylation sites is 1. The van der Waals surface area contributed by atoms with Gasteiger partial charge in [-0.3, -0.25) is 4.79 Å². The van der Waals surface area contributed by atoms with E-state index in [4.69, 9.17) is 9.47 Å². The van der Waals surface area contributed by atoms with Crippen molar-refractivity contribution >= 4 is 12.0 Å². The van der Waals surface area contributed by atoms with Crippen LogP contribution >= 0.6 is 0 Å². The minimum atomic E-state index is -0.685. The van der Waals surface area contributed by atoms with Crippen LogP contribution in [0.1, 0.15) is 16.8 Å². The molecular weight excluding hydrogens is 242 g/mol. The molecule has 0 heterocycles. The molecule has 19 heavy (non-hydrogen) atoms. The van der Waals surface area contributed by atoms with Gasteiger partial charge in [-0.05, 0) is 24.3 Å². The van der Waals surface area contributed by atoms with E-state index in [9.17, 15) is 4.79 Å². The second kappa shape index (κ2) is 5.82. The third kappa shape index (κ3) is 2.92. The Kier molecular flexibility index (Phi) is 4.14. The number of anilines is 1. The summed E-state index contributed by atoms with van der Waals surface area (Å²) < 4.78 is 10.7. The summed E-state index contributed by atoms with van der Waals surface area (Å²) in [4.78, 5) is 10.9. The molecule has 0 aromatic heterocycles. The van der Waals surface area contributed by atoms with Crippen molar-refractivity contribution in [3.8, 4) is 0 Å². The molecule has 0 aliphatic heterocycles. The monoisotopic (exact) mass is 259 g/mol. The summed E-state index contributed by atoms with van der Waals surface area (Å²) >= 11 is 0. The van der Waals surface area contributed by atoms with E-state index in [0.717, 1.165) is 17.7 Å². The van der Waals surface area contributed by atoms with Gasteiger partial charge >= 0.3 is 0 Å². The maximum atomic E-state index is 10.9. The largest absolute Gasteiger partial charge is 0.355 e. The van der Waals surface area contributed by atoms with Crippen molar-refractivity contribution < 1.29 is 14.3 Å². The number of hydrogen-bond acceptors (Lipinski definition) is 4. The van der Waals surface area contributed by atoms with E-state index in [1.165, 1.54) is 0 Å². The summed E-state index contributed by atoms with van der Waals surface area (Å²) in [5, 5.41) is 3.22. The maximum absolute atomic E-state index is 10.9. The Hall–Kier alpha value is -1.91. The van der Waals surface area contributed by atoms with Gasteiger partial charge in [0.15, 0.2) is 12.1 Å². The zero-order valence-corrected chi connectivity index (χ0v) is 11.1. The molecule has 1 aliphatic carbocycles. The maximum Gasteiger partial charge on any atom is 0.191 e. The van der Waals surface area contributed by atoms with Gasteiger partial charge in [-0.2, -0.15) is 0 Å². The van der Waals surface area contributed by atoms with E-state index in [-0.39, 0.29) is 0 Å². The summed E-state index contributed by atoms with van der Waals surface area (Å²) in [5.74, 6) is -0.685. The predicted octanol–water partition coefficient (Wildman–Crippen LogP) is 2.74. The molecule has 0 radical (unpaired) electrons. The van der Waals surface area contributed by atoms with Crippen molar-refractivity contribution in [2.75, 3.05) is 19.5 Å². The molecule has 0 unspecified atom stereocenters. The number of nitrogens with one attached hydrogen (secondary N) is 1. The van der Waals surface area contributed by atoms with Crippen LogP contribution in [0.25, 0.3) is 0 Å². The number of ether oxygens (including phenoxy) is 2. The molecule has 1 aromatic rings. The van der Waals surface area contributed by atoms with Crippen LogP contribution in [-0.4, -0.2) is 26.3 Å². The number of carbonyl (C=O) groups excluding carboxylic acids is 1. The number of aldehydes is 1. The number of carbonyl (C=O) groups is 1. The lowest BCUT2D eigenvalue weighted by atomic mass is 10.1. The average molecular weight is 259 g/mol. The molecule has 1 aromatic carbocycles. The van der Waals surface area contributed by atoms with Gasteiger partial charge in [-0.25, -0.2) is 0 Å². The topological polar surface area (TPSA) is 47.6 Å². The number of hydrogen-bond donors (Lipinski definition) is 1. The van der Waals surface area contributed by atoms with Crippen LogP contribution in [-0.2, 0) is 9.47 Å². The first kappa shape index (κ1) is 13.5. The zero-order chi connectivity index (χ0) is 13.7. The Labute approximate surface area is 112 Å². The zero-order valence-electron chi connectivity index (χ0n) is 11.1. The Morgan fingerprint density at radius 2 is 2.00 bits per heavy atom. The van der Waals surface area contributed by atoms with Gasteiger partial charge in [-0.1, -0.05) is 18.2 Å². The van der Waals surface area contributed by atoms with E-state index in [1.807, 2.05) is 36.4 Å². The van der Waals surface area contributed by atoms with Gasteiger partial charge < -0.3 is 14.8 Å². The van der Waals surface area contributed by atoms with Crippen LogP contribution in [0, 0.1) is 0 Å². The van der Waals surface area contributed by atoms with Crippen LogP contribution in [0.3, 0.4) is 0 Å². The standard InChI is InChI=1S/C15H17NO3/c1-18-15(19-2)9-7-13(8-10-15)16-14-6-4-3-5-12(14)11-17/h3-9,11,16H,10H2,1-2H3. The van der Waals surface area contributed by atoms with Gasteiger partial charge in [0, 0.05) is 37.6 Å². The average Bonchev–Trinajstić information content (AvgIpc) is 2.49. The predicted molar refractivity (Wildman–Crippen MR) is 74.0 cm³/mol. The summed E-state index contributed by atoms with van der Waals surface area (Å²) in [6.45, 7) is 0. The highest BCUT2D eigenvalue weighted by Gasteiger charge is 2.27. The highest BCUT2D eigenvalue weighted by molar-refractivity contribution is 5.84. The number of rotatable bonds is 5. The van der Waals surface area contributed by atoms with E-state index in [2.05, 4.69) is 5.32 Å². The first-order chi connectivity index (χ1) is 9.23. The van der Waals surface area contributed by atoms with Crippen LogP contribution in [0.5, 0.6) is 0 Å². The normalized spacial score (nSPS) is 16.8. The quantitative estimate of drug-likeness (QED) is 0.652. The number of methoxy groups -OCH3 is 2. The smallest absolute Gasteiger partial charge is 0.191 e. The molecule has 1 aliphatic rings. The van der Waals surface area contributed by atoms with Crippen LogP contribution in [0.4, 0.5) is 5.69 Å². The fraction of sp³-hybridized carbons (Fsp3) is 0.267. The van der Waals surface area contributed by atoms with Crippen molar-refractivity contribution in [1.82, 2.24) is 0 Å². The summed E-state index contributed by atoms with van der Waals surface area (Å²) in [6, 6.07) is 7.36. The van der Waals surface area contributed by atoms with Gasteiger partial charge in [-0.15, -0.1) is 0 Å². The highest BCUT2D eigenvalue weighted by Crippen LogP contribution is 2.26. The summed E-state index contributed by atoms with van der Waals surface area (Å²) in [7, 11) is 3.23. The molecule has 100 valence electrons. The molecule has 0 saturated heterocycles. The lowest BCUT2D eigenvalue weighted by Crippen LogP contribution is -2.32. The van der Waals surface area contributed by atoms with Crippen LogP contribution < -0.4 is 5.32 Å². The van der Waals surface area contributed by atoms with Gasteiger partial charge in [0.1, 0.15) is 0 Å². The molecule has 4 nitrogen and oxygen atoms in total. The minimum Gasteiger partial charge on any atom is -0.355 e. The van der Waals surface area contributed by atoms with Crippen molar-refractivity contribution in [3.63, 3.8) is 0 Å². The molecule has 0 fully saturated rings. The second-order valence-corrected chi connectivity index (χ2v) is 4.25. The molecule has 0 atom stereocenters. The first-order valence-electron chi connectivity index (χ1n) is 6.04. The van der Waals surface area contributed by atoms with Crippen LogP contribution in [0.2, 0.25) is 0 Å². The lowest BCUT2D eigenvalue weighted by Gasteiger charge is -2.29. The molecule has 4 heteroatoms. The minimum absolute atomic E-state index is 0.613. The Balaban J connectivity index is 2.12. The molecule has 0 spiro atoms. The van der Waals surface area contributed by atoms with Crippen molar-refractivity contribution in [2.24, 2.45) is 0 Å². The molecule has 0 saturated carbocycles. The Morgan fingerprint density at radius 3 is 2.58 bits per heavy atom. The van der Waals surface area contributed by atoms with E-state index >= 15 is 0 Å². The van der Waals surface area contributed by atoms with Crippen molar-refractivity contribution in [1.29, 1.82) is 0 Å². The van der Waals surface area contributed by atoms with Gasteiger partial charge in [0.25, 0.3) is 0 Å². The van der Waals surface area contributed by atoms with Crippen molar-refractivity contribution in [2.45, 2.75) is 12.2 Å². The van der Waals surface area contributed by atoms with E-state index in [0.29, 0.717) is 12.0 Å². The number of benzene rings is 1. The lowest BCUT2D eigenvalue weighted by molar-refractivity contribution is -0.167. The molecule has 0 bridgehead atoms. The van der Waals surface area contributed by atoms with E-state index in [1.54, 1.807) is 20.3 Å². The number of allylic oxidation sites excluding steroid dienone is 1. The molecule has 2 rings (SSSR count). The van der Waals surface area contributed by atoms with E-state index < -0.39 is 5.79 Å². The summed E-state index contributed by atoms with van der Waals surface area (Å²) in [6.07, 6.45) is 7.18. The molecular formula is C15H17NO3. The van der Waals surface area contributed by atoms with Gasteiger partial charge in [0.05, 0.1) is 0 Å². The van der Waals surface area contributed by atoms with Gasteiger partial charge in [0.2, 0.25) is 0 Å². The molecule has 1 N–H and O–H groups in total. The highest BCUT2D eigenvalue weighted by atomic mass is 16.7. The first-order valence-corrected chi connectivity index (χ1v) is 6.04. The van der Waals surface area contributed by atoms with Crippen molar-refractivity contribution in [3.05, 3.63) is 53.8 Å². The third-order valence-electron chi connectivity index (χ3n) is 3.18. The van der Waals surface area contributed by atoms with Crippen LogP contribution in [0.15, 0.2) is 48.2 Å². The summed E-state index contributed by atoms with van der Waals surface area (Å²) in [5.41, 5.74) is 2.34.